The van der Waals surface area contributed by atoms with Gasteiger partial charge in [0.15, 0.2) is 0 Å². The van der Waals surface area contributed by atoms with Gasteiger partial charge in [-0.05, 0) is 46.9 Å². The van der Waals surface area contributed by atoms with Crippen LogP contribution in [0.5, 0.6) is 28.9 Å². The molecule has 9 heteroatoms. The Balaban J connectivity index is 2.03. The van der Waals surface area contributed by atoms with Crippen molar-refractivity contribution in [1.82, 2.24) is 9.97 Å². The molecule has 0 bridgehead atoms. The molecule has 0 saturated heterocycles. The Labute approximate surface area is 201 Å². The molecule has 0 spiro atoms. The topological polar surface area (TPSA) is 75.2 Å². The van der Waals surface area contributed by atoms with Gasteiger partial charge in [0, 0.05) is 42.5 Å². The largest absolute Gasteiger partial charge is 0.497 e. The Morgan fingerprint density at radius 3 is 1.72 bits per heavy atom. The zero-order chi connectivity index (χ0) is 23.1. The Morgan fingerprint density at radius 2 is 1.28 bits per heavy atom. The molecule has 0 aliphatic carbocycles. The van der Waals surface area contributed by atoms with Crippen molar-refractivity contribution in [1.29, 1.82) is 0 Å². The van der Waals surface area contributed by atoms with E-state index in [0.717, 1.165) is 26.2 Å². The number of benzene rings is 2. The summed E-state index contributed by atoms with van der Waals surface area (Å²) in [5.74, 6) is 3.92. The van der Waals surface area contributed by atoms with E-state index >= 15 is 0 Å². The molecule has 0 atom stereocenters. The van der Waals surface area contributed by atoms with Crippen LogP contribution in [0.3, 0.4) is 0 Å². The van der Waals surface area contributed by atoms with Crippen LogP contribution in [0.1, 0.15) is 11.1 Å². The maximum atomic E-state index is 5.60. The van der Waals surface area contributed by atoms with Crippen LogP contribution in [-0.4, -0.2) is 45.5 Å². The van der Waals surface area contributed by atoms with Gasteiger partial charge in [-0.25, -0.2) is 4.98 Å². The first kappa shape index (κ1) is 23.7. The Hall–Kier alpha value is -2.95. The number of aromatic nitrogens is 2. The van der Waals surface area contributed by atoms with Gasteiger partial charge in [0.1, 0.15) is 23.0 Å². The van der Waals surface area contributed by atoms with Crippen LogP contribution in [0.15, 0.2) is 42.6 Å². The minimum Gasteiger partial charge on any atom is -0.497 e. The SMILES string of the molecule is COc1ccc(CN(Cc2ccc(OC)cc2OC)c2ncc(I)c(OC)n2)c(OC)c1. The summed E-state index contributed by atoms with van der Waals surface area (Å²) < 4.78 is 28.1. The lowest BCUT2D eigenvalue weighted by atomic mass is 10.1. The number of ether oxygens (including phenoxy) is 5. The molecule has 0 fully saturated rings. The van der Waals surface area contributed by atoms with Crippen LogP contribution < -0.4 is 28.6 Å². The second kappa shape index (κ2) is 11.1. The maximum absolute atomic E-state index is 5.60. The predicted molar refractivity (Wildman–Crippen MR) is 130 cm³/mol. The first-order valence-corrected chi connectivity index (χ1v) is 10.8. The van der Waals surface area contributed by atoms with E-state index in [-0.39, 0.29) is 0 Å². The van der Waals surface area contributed by atoms with Crippen molar-refractivity contribution in [3.63, 3.8) is 0 Å². The Bertz CT molecular complexity index is 1010. The third kappa shape index (κ3) is 5.45. The van der Waals surface area contributed by atoms with Crippen molar-refractivity contribution in [2.75, 3.05) is 40.4 Å². The molecule has 0 saturated carbocycles. The van der Waals surface area contributed by atoms with Gasteiger partial charge in [0.05, 0.1) is 39.1 Å². The second-order valence-electron chi connectivity index (χ2n) is 6.74. The zero-order valence-corrected chi connectivity index (χ0v) is 20.9. The van der Waals surface area contributed by atoms with Gasteiger partial charge in [-0.3, -0.25) is 0 Å². The molecule has 8 nitrogen and oxygen atoms in total. The quantitative estimate of drug-likeness (QED) is 0.345. The average Bonchev–Trinajstić information content (AvgIpc) is 2.84. The van der Waals surface area contributed by atoms with Crippen molar-refractivity contribution >= 4 is 28.5 Å². The summed E-state index contributed by atoms with van der Waals surface area (Å²) >= 11 is 2.15. The summed E-state index contributed by atoms with van der Waals surface area (Å²) in [6.45, 7) is 0.984. The van der Waals surface area contributed by atoms with E-state index in [1.807, 2.05) is 41.3 Å². The van der Waals surface area contributed by atoms with Crippen LogP contribution in [0, 0.1) is 3.57 Å². The van der Waals surface area contributed by atoms with Crippen molar-refractivity contribution in [3.05, 3.63) is 57.3 Å². The minimum atomic E-state index is 0.492. The number of methoxy groups -OCH3 is 5. The molecular weight excluding hydrogens is 525 g/mol. The Morgan fingerprint density at radius 1 is 0.750 bits per heavy atom. The molecular formula is C23H26IN3O5. The third-order valence-corrected chi connectivity index (χ3v) is 5.63. The average molecular weight is 551 g/mol. The summed E-state index contributed by atoms with van der Waals surface area (Å²) in [7, 11) is 8.13. The van der Waals surface area contributed by atoms with Crippen molar-refractivity contribution in [3.8, 4) is 28.9 Å². The van der Waals surface area contributed by atoms with E-state index in [9.17, 15) is 0 Å². The summed E-state index contributed by atoms with van der Waals surface area (Å²) in [5.41, 5.74) is 1.92. The van der Waals surface area contributed by atoms with Crippen LogP contribution >= 0.6 is 22.6 Å². The first-order valence-electron chi connectivity index (χ1n) is 9.76. The summed E-state index contributed by atoms with van der Waals surface area (Å²) in [4.78, 5) is 11.2. The molecule has 0 amide bonds. The minimum absolute atomic E-state index is 0.492. The highest BCUT2D eigenvalue weighted by Crippen LogP contribution is 2.31. The highest BCUT2D eigenvalue weighted by molar-refractivity contribution is 14.1. The highest BCUT2D eigenvalue weighted by Gasteiger charge is 2.19. The van der Waals surface area contributed by atoms with Gasteiger partial charge in [0.2, 0.25) is 11.8 Å². The van der Waals surface area contributed by atoms with E-state index in [1.165, 1.54) is 0 Å². The molecule has 3 rings (SSSR count). The summed E-state index contributed by atoms with van der Waals surface area (Å²) in [6.07, 6.45) is 1.74. The van der Waals surface area contributed by atoms with Crippen molar-refractivity contribution in [2.45, 2.75) is 13.1 Å². The van der Waals surface area contributed by atoms with E-state index in [1.54, 1.807) is 41.7 Å². The maximum Gasteiger partial charge on any atom is 0.231 e. The fourth-order valence-electron chi connectivity index (χ4n) is 3.21. The van der Waals surface area contributed by atoms with Gasteiger partial charge in [-0.15, -0.1) is 0 Å². The summed E-state index contributed by atoms with van der Waals surface area (Å²) in [6, 6.07) is 11.5. The van der Waals surface area contributed by atoms with E-state index in [2.05, 4.69) is 32.6 Å². The van der Waals surface area contributed by atoms with E-state index < -0.39 is 0 Å². The van der Waals surface area contributed by atoms with Gasteiger partial charge >= 0.3 is 0 Å². The normalized spacial score (nSPS) is 10.4. The lowest BCUT2D eigenvalue weighted by molar-refractivity contribution is 0.388. The lowest BCUT2D eigenvalue weighted by Gasteiger charge is -2.25. The fourth-order valence-corrected chi connectivity index (χ4v) is 3.69. The number of halogens is 1. The molecule has 170 valence electrons. The number of nitrogens with zero attached hydrogens (tertiary/aromatic N) is 3. The number of hydrogen-bond acceptors (Lipinski definition) is 8. The van der Waals surface area contributed by atoms with E-state index in [4.69, 9.17) is 23.7 Å². The fraction of sp³-hybridized carbons (Fsp3) is 0.304. The van der Waals surface area contributed by atoms with Crippen LogP contribution in [-0.2, 0) is 13.1 Å². The predicted octanol–water partition coefficient (Wildman–Crippen LogP) is 4.33. The van der Waals surface area contributed by atoms with Crippen LogP contribution in [0.4, 0.5) is 5.95 Å². The van der Waals surface area contributed by atoms with Crippen molar-refractivity contribution in [2.24, 2.45) is 0 Å². The molecule has 32 heavy (non-hydrogen) atoms. The molecule has 0 unspecified atom stereocenters. The monoisotopic (exact) mass is 551 g/mol. The molecule has 2 aromatic carbocycles. The lowest BCUT2D eigenvalue weighted by Crippen LogP contribution is -2.25. The molecule has 1 heterocycles. The van der Waals surface area contributed by atoms with Gasteiger partial charge in [-0.2, -0.15) is 4.98 Å². The van der Waals surface area contributed by atoms with Crippen LogP contribution in [0.25, 0.3) is 0 Å². The third-order valence-electron chi connectivity index (χ3n) is 4.89. The van der Waals surface area contributed by atoms with E-state index in [0.29, 0.717) is 36.4 Å². The molecule has 1 aromatic heterocycles. The Kier molecular flexibility index (Phi) is 8.20. The number of hydrogen-bond donors (Lipinski definition) is 0. The standard InChI is InChI=1S/C23H26IN3O5/c1-28-17-8-6-15(20(10-17)30-3)13-27(23-25-12-19(24)22(26-23)32-5)14-16-7-9-18(29-2)11-21(16)31-4/h6-12H,13-14H2,1-5H3. The second-order valence-corrected chi connectivity index (χ2v) is 7.90. The van der Waals surface area contributed by atoms with Gasteiger partial charge < -0.3 is 28.6 Å². The summed E-state index contributed by atoms with van der Waals surface area (Å²) in [5, 5.41) is 0. The number of anilines is 1. The van der Waals surface area contributed by atoms with Crippen molar-refractivity contribution < 1.29 is 23.7 Å². The smallest absolute Gasteiger partial charge is 0.231 e. The molecule has 0 N–H and O–H groups in total. The molecule has 0 radical (unpaired) electrons. The van der Waals surface area contributed by atoms with Gasteiger partial charge in [-0.1, -0.05) is 0 Å². The van der Waals surface area contributed by atoms with Crippen LogP contribution in [0.2, 0.25) is 0 Å². The first-order chi connectivity index (χ1) is 15.5. The van der Waals surface area contributed by atoms with Gasteiger partial charge in [0.25, 0.3) is 0 Å². The molecule has 0 aliphatic rings. The highest BCUT2D eigenvalue weighted by atomic mass is 127. The molecule has 0 aliphatic heterocycles. The number of rotatable bonds is 10. The molecule has 3 aromatic rings. The zero-order valence-electron chi connectivity index (χ0n) is 18.7.